The molecule has 2 aromatic rings. The predicted molar refractivity (Wildman–Crippen MR) is 169 cm³/mol. The van der Waals surface area contributed by atoms with E-state index in [9.17, 15) is 39.0 Å². The molecule has 0 fully saturated rings. The number of aliphatic hydroxyl groups is 2. The third-order valence-corrected chi connectivity index (χ3v) is 7.65. The van der Waals surface area contributed by atoms with Crippen molar-refractivity contribution >= 4 is 35.4 Å². The maximum atomic E-state index is 13.9. The molecular formula is C34H36O16. The van der Waals surface area contributed by atoms with Crippen LogP contribution < -0.4 is 18.9 Å². The highest BCUT2D eigenvalue weighted by Crippen LogP contribution is 2.43. The van der Waals surface area contributed by atoms with Gasteiger partial charge in [0.2, 0.25) is 11.6 Å². The summed E-state index contributed by atoms with van der Waals surface area (Å²) in [5.74, 6) is -10.1. The van der Waals surface area contributed by atoms with E-state index in [1.165, 1.54) is 64.8 Å². The topological polar surface area (TPSA) is 217 Å². The molecule has 3 rings (SSSR count). The highest BCUT2D eigenvalue weighted by molar-refractivity contribution is 6.24. The lowest BCUT2D eigenvalue weighted by molar-refractivity contribution is -0.143. The van der Waals surface area contributed by atoms with E-state index < -0.39 is 96.0 Å². The molecule has 0 saturated carbocycles. The second-order valence-corrected chi connectivity index (χ2v) is 10.4. The number of hydrogen-bond donors (Lipinski definition) is 2. The Labute approximate surface area is 286 Å². The Morgan fingerprint density at radius 2 is 0.880 bits per heavy atom. The van der Waals surface area contributed by atoms with E-state index in [0.29, 0.717) is 0 Å². The van der Waals surface area contributed by atoms with E-state index in [4.69, 9.17) is 28.4 Å². The Morgan fingerprint density at radius 3 is 1.18 bits per heavy atom. The Bertz CT molecular complexity index is 1590. The molecule has 2 atom stereocenters. The Balaban J connectivity index is 2.14. The second-order valence-electron chi connectivity index (χ2n) is 10.4. The fraction of sp³-hybridized carbons (Fsp3) is 0.353. The number of allylic oxidation sites excluding steroid dienone is 2. The Kier molecular flexibility index (Phi) is 13.3. The van der Waals surface area contributed by atoms with E-state index in [-0.39, 0.29) is 34.1 Å². The number of ketones is 2. The molecule has 0 spiro atoms. The van der Waals surface area contributed by atoms with Crippen LogP contribution in [0.2, 0.25) is 0 Å². The average molecular weight is 701 g/mol. The first-order chi connectivity index (χ1) is 23.8. The molecule has 0 bridgehead atoms. The summed E-state index contributed by atoms with van der Waals surface area (Å²) in [4.78, 5) is 76.1. The number of carbonyl (C=O) groups is 6. The van der Waals surface area contributed by atoms with Gasteiger partial charge < -0.3 is 48.1 Å². The monoisotopic (exact) mass is 700 g/mol. The van der Waals surface area contributed by atoms with Gasteiger partial charge in [0.25, 0.3) is 0 Å². The highest BCUT2D eigenvalue weighted by Gasteiger charge is 2.43. The van der Waals surface area contributed by atoms with E-state index in [1.807, 2.05) is 0 Å². The SMILES string of the molecule is COC(=O)COc1ccc([C@H](CC(=O)OC)C2=C(O)C(=O)C([C@H](CC(=O)OC)c3ccc(OCC(=O)OC)c(OC)c3)=C(O)C2=O)cc1OC. The van der Waals surface area contributed by atoms with Crippen molar-refractivity contribution in [2.75, 3.05) is 55.9 Å². The van der Waals surface area contributed by atoms with E-state index >= 15 is 0 Å². The van der Waals surface area contributed by atoms with Crippen LogP contribution in [0.4, 0.5) is 0 Å². The summed E-state index contributed by atoms with van der Waals surface area (Å²) in [6.07, 6.45) is -1.14. The van der Waals surface area contributed by atoms with Gasteiger partial charge >= 0.3 is 23.9 Å². The van der Waals surface area contributed by atoms with Crippen LogP contribution in [0.5, 0.6) is 23.0 Å². The van der Waals surface area contributed by atoms with Crippen LogP contribution in [0.1, 0.15) is 35.8 Å². The van der Waals surface area contributed by atoms with Crippen molar-refractivity contribution in [2.45, 2.75) is 24.7 Å². The van der Waals surface area contributed by atoms with Gasteiger partial charge in [-0.05, 0) is 35.4 Å². The molecule has 0 heterocycles. The maximum Gasteiger partial charge on any atom is 0.343 e. The summed E-state index contributed by atoms with van der Waals surface area (Å²) in [5, 5.41) is 22.7. The minimum absolute atomic E-state index is 0.0579. The Hall–Kier alpha value is -6.06. The zero-order valence-electron chi connectivity index (χ0n) is 28.1. The van der Waals surface area contributed by atoms with Gasteiger partial charge in [0, 0.05) is 11.8 Å². The number of ether oxygens (including phenoxy) is 8. The molecule has 50 heavy (non-hydrogen) atoms. The standard InChI is InChI=1S/C34H36O16/c1-43-23-11-17(7-9-21(23)49-15-27(37)47-5)19(13-25(35)45-3)29-31(39)33(41)30(34(42)32(29)40)20(14-26(36)46-4)18-8-10-22(24(12-18)44-2)50-16-28(38)48-6/h7-12,19-20,39,42H,13-16H2,1-6H3/t19-,20+. The number of Topliss-reactive ketones (excluding diaryl/α,β-unsaturated/α-hetero) is 2. The lowest BCUT2D eigenvalue weighted by Gasteiger charge is -2.28. The molecule has 0 radical (unpaired) electrons. The van der Waals surface area contributed by atoms with Crippen molar-refractivity contribution in [3.05, 3.63) is 70.2 Å². The zero-order valence-corrected chi connectivity index (χ0v) is 28.1. The van der Waals surface area contributed by atoms with Crippen LogP contribution in [0.3, 0.4) is 0 Å². The third-order valence-electron chi connectivity index (χ3n) is 7.65. The molecule has 0 aliphatic heterocycles. The average Bonchev–Trinajstić information content (AvgIpc) is 3.13. The van der Waals surface area contributed by atoms with Gasteiger partial charge in [-0.3, -0.25) is 19.2 Å². The van der Waals surface area contributed by atoms with Crippen molar-refractivity contribution in [3.8, 4) is 23.0 Å². The van der Waals surface area contributed by atoms with Gasteiger partial charge in [0.1, 0.15) is 0 Å². The molecule has 0 amide bonds. The van der Waals surface area contributed by atoms with E-state index in [0.717, 1.165) is 14.2 Å². The molecule has 2 aromatic carbocycles. The third kappa shape index (κ3) is 8.69. The molecule has 2 N–H and O–H groups in total. The van der Waals surface area contributed by atoms with Crippen LogP contribution in [0, 0.1) is 0 Å². The zero-order chi connectivity index (χ0) is 37.1. The van der Waals surface area contributed by atoms with Crippen LogP contribution in [0.25, 0.3) is 0 Å². The van der Waals surface area contributed by atoms with Gasteiger partial charge in [-0.25, -0.2) is 9.59 Å². The van der Waals surface area contributed by atoms with E-state index in [2.05, 4.69) is 9.47 Å². The number of hydrogen-bond acceptors (Lipinski definition) is 16. The van der Waals surface area contributed by atoms with Crippen molar-refractivity contribution in [1.82, 2.24) is 0 Å². The van der Waals surface area contributed by atoms with Gasteiger partial charge in [0.15, 0.2) is 47.7 Å². The molecule has 0 unspecified atom stereocenters. The summed E-state index contributed by atoms with van der Waals surface area (Å²) >= 11 is 0. The molecule has 16 heteroatoms. The van der Waals surface area contributed by atoms with Crippen LogP contribution in [0.15, 0.2) is 59.1 Å². The van der Waals surface area contributed by atoms with Crippen molar-refractivity contribution in [3.63, 3.8) is 0 Å². The fourth-order valence-corrected chi connectivity index (χ4v) is 5.07. The van der Waals surface area contributed by atoms with Crippen molar-refractivity contribution < 1.29 is 76.9 Å². The Morgan fingerprint density at radius 1 is 0.540 bits per heavy atom. The van der Waals surface area contributed by atoms with Gasteiger partial charge in [-0.15, -0.1) is 0 Å². The second kappa shape index (κ2) is 17.4. The smallest absolute Gasteiger partial charge is 0.343 e. The van der Waals surface area contributed by atoms with Crippen LogP contribution >= 0.6 is 0 Å². The number of rotatable bonds is 16. The summed E-state index contributed by atoms with van der Waals surface area (Å²) in [6, 6.07) is 8.23. The highest BCUT2D eigenvalue weighted by atomic mass is 16.6. The number of esters is 4. The first-order valence-electron chi connectivity index (χ1n) is 14.7. The normalized spacial score (nSPS) is 14.0. The number of carbonyl (C=O) groups excluding carboxylic acids is 6. The largest absolute Gasteiger partial charge is 0.504 e. The summed E-state index contributed by atoms with van der Waals surface area (Å²) in [6.45, 7) is -0.917. The quantitative estimate of drug-likeness (QED) is 0.146. The lowest BCUT2D eigenvalue weighted by atomic mass is 9.75. The number of methoxy groups -OCH3 is 6. The van der Waals surface area contributed by atoms with Gasteiger partial charge in [0.05, 0.1) is 66.6 Å². The lowest BCUT2D eigenvalue weighted by Crippen LogP contribution is -2.31. The maximum absolute atomic E-state index is 13.9. The molecule has 0 saturated heterocycles. The molecule has 268 valence electrons. The first-order valence-corrected chi connectivity index (χ1v) is 14.7. The van der Waals surface area contributed by atoms with Gasteiger partial charge in [-0.2, -0.15) is 0 Å². The van der Waals surface area contributed by atoms with Crippen LogP contribution in [-0.2, 0) is 47.7 Å². The molecule has 16 nitrogen and oxygen atoms in total. The van der Waals surface area contributed by atoms with Crippen molar-refractivity contribution in [2.24, 2.45) is 0 Å². The number of benzene rings is 2. The van der Waals surface area contributed by atoms with Crippen molar-refractivity contribution in [1.29, 1.82) is 0 Å². The molecular weight excluding hydrogens is 664 g/mol. The first kappa shape index (κ1) is 38.4. The fourth-order valence-electron chi connectivity index (χ4n) is 5.07. The molecule has 0 aromatic heterocycles. The number of aliphatic hydroxyl groups excluding tert-OH is 2. The minimum atomic E-state index is -1.36. The summed E-state index contributed by atoms with van der Waals surface area (Å²) < 4.78 is 40.3. The van der Waals surface area contributed by atoms with Gasteiger partial charge in [-0.1, -0.05) is 12.1 Å². The van der Waals surface area contributed by atoms with E-state index in [1.54, 1.807) is 0 Å². The molecule has 1 aliphatic carbocycles. The summed E-state index contributed by atoms with van der Waals surface area (Å²) in [7, 11) is 7.13. The van der Waals surface area contributed by atoms with Crippen LogP contribution in [-0.4, -0.2) is 102 Å². The minimum Gasteiger partial charge on any atom is -0.504 e. The summed E-state index contributed by atoms with van der Waals surface area (Å²) in [5.41, 5.74) is -0.939. The predicted octanol–water partition coefficient (Wildman–Crippen LogP) is 2.58. The molecule has 1 aliphatic rings.